The van der Waals surface area contributed by atoms with Crippen molar-refractivity contribution in [3.8, 4) is 5.75 Å². The highest BCUT2D eigenvalue weighted by Gasteiger charge is 2.38. The van der Waals surface area contributed by atoms with E-state index < -0.39 is 0 Å². The molecule has 1 aliphatic carbocycles. The number of hydrogen-bond acceptors (Lipinski definition) is 2. The number of rotatable bonds is 3. The molecule has 0 unspecified atom stereocenters. The number of phenolic OH excluding ortho intramolecular Hbond substituents is 1. The Balaban J connectivity index is 2.31. The summed E-state index contributed by atoms with van der Waals surface area (Å²) in [6.45, 7) is 2.07. The first-order valence-corrected chi connectivity index (χ1v) is 5.71. The summed E-state index contributed by atoms with van der Waals surface area (Å²) in [4.78, 5) is 0. The van der Waals surface area contributed by atoms with Gasteiger partial charge in [-0.3, -0.25) is 0 Å². The lowest BCUT2D eigenvalue weighted by Crippen LogP contribution is -2.24. The van der Waals surface area contributed by atoms with Crippen LogP contribution in [0, 0.1) is 0 Å². The SMILES string of the molecule is CCc1cc(Cl)c(O)c(CC2(N)CC2)c1. The smallest absolute Gasteiger partial charge is 0.137 e. The van der Waals surface area contributed by atoms with Crippen molar-refractivity contribution < 1.29 is 5.11 Å². The van der Waals surface area contributed by atoms with E-state index in [2.05, 4.69) is 6.92 Å². The van der Waals surface area contributed by atoms with Crippen molar-refractivity contribution in [1.29, 1.82) is 0 Å². The lowest BCUT2D eigenvalue weighted by Gasteiger charge is -2.12. The zero-order valence-corrected chi connectivity index (χ0v) is 9.64. The first-order valence-electron chi connectivity index (χ1n) is 5.33. The first kappa shape index (κ1) is 10.8. The van der Waals surface area contributed by atoms with Gasteiger partial charge in [-0.25, -0.2) is 0 Å². The molecule has 3 N–H and O–H groups in total. The summed E-state index contributed by atoms with van der Waals surface area (Å²) in [5.41, 5.74) is 7.98. The van der Waals surface area contributed by atoms with E-state index >= 15 is 0 Å². The standard InChI is InChI=1S/C12H16ClNO/c1-2-8-5-9(7-12(14)3-4-12)11(15)10(13)6-8/h5-6,15H,2-4,7,14H2,1H3. The second kappa shape index (κ2) is 3.69. The highest BCUT2D eigenvalue weighted by Crippen LogP contribution is 2.39. The molecule has 1 aromatic carbocycles. The van der Waals surface area contributed by atoms with Gasteiger partial charge in [-0.05, 0) is 42.9 Å². The van der Waals surface area contributed by atoms with Crippen molar-refractivity contribution >= 4 is 11.6 Å². The maximum absolute atomic E-state index is 9.82. The Hall–Kier alpha value is -0.730. The molecular formula is C12H16ClNO. The minimum Gasteiger partial charge on any atom is -0.506 e. The molecular weight excluding hydrogens is 210 g/mol. The molecule has 1 saturated carbocycles. The van der Waals surface area contributed by atoms with Gasteiger partial charge in [0.1, 0.15) is 5.75 Å². The third-order valence-corrected chi connectivity index (χ3v) is 3.33. The van der Waals surface area contributed by atoms with Crippen molar-refractivity contribution in [2.75, 3.05) is 0 Å². The van der Waals surface area contributed by atoms with Crippen LogP contribution < -0.4 is 5.73 Å². The number of halogens is 1. The van der Waals surface area contributed by atoms with Gasteiger partial charge in [-0.15, -0.1) is 0 Å². The lowest BCUT2D eigenvalue weighted by atomic mass is 10.0. The molecule has 0 heterocycles. The van der Waals surface area contributed by atoms with Crippen molar-refractivity contribution in [2.24, 2.45) is 5.73 Å². The normalized spacial score (nSPS) is 17.8. The number of benzene rings is 1. The Morgan fingerprint density at radius 1 is 1.47 bits per heavy atom. The Morgan fingerprint density at radius 2 is 2.13 bits per heavy atom. The fourth-order valence-electron chi connectivity index (χ4n) is 1.77. The van der Waals surface area contributed by atoms with Gasteiger partial charge in [0.25, 0.3) is 0 Å². The van der Waals surface area contributed by atoms with Crippen LogP contribution in [0.2, 0.25) is 5.02 Å². The molecule has 2 rings (SSSR count). The molecule has 0 aromatic heterocycles. The summed E-state index contributed by atoms with van der Waals surface area (Å²) in [6, 6.07) is 3.82. The molecule has 0 amide bonds. The average molecular weight is 226 g/mol. The summed E-state index contributed by atoms with van der Waals surface area (Å²) < 4.78 is 0. The maximum atomic E-state index is 9.82. The summed E-state index contributed by atoms with van der Waals surface area (Å²) in [7, 11) is 0. The summed E-state index contributed by atoms with van der Waals surface area (Å²) >= 11 is 5.96. The summed E-state index contributed by atoms with van der Waals surface area (Å²) in [6.07, 6.45) is 3.73. The maximum Gasteiger partial charge on any atom is 0.137 e. The van der Waals surface area contributed by atoms with Gasteiger partial charge in [0.15, 0.2) is 0 Å². The zero-order valence-electron chi connectivity index (χ0n) is 8.89. The molecule has 0 spiro atoms. The minimum absolute atomic E-state index is 0.0901. The van der Waals surface area contributed by atoms with Crippen molar-refractivity contribution in [3.05, 3.63) is 28.3 Å². The number of hydrogen-bond donors (Lipinski definition) is 2. The minimum atomic E-state index is -0.0901. The van der Waals surface area contributed by atoms with E-state index in [1.54, 1.807) is 0 Å². The van der Waals surface area contributed by atoms with Crippen molar-refractivity contribution in [1.82, 2.24) is 0 Å². The van der Waals surface area contributed by atoms with Gasteiger partial charge < -0.3 is 10.8 Å². The second-order valence-corrected chi connectivity index (χ2v) is 4.89. The van der Waals surface area contributed by atoms with Gasteiger partial charge in [-0.2, -0.15) is 0 Å². The van der Waals surface area contributed by atoms with Crippen LogP contribution in [0.15, 0.2) is 12.1 Å². The third kappa shape index (κ3) is 2.27. The topological polar surface area (TPSA) is 46.2 Å². The summed E-state index contributed by atoms with van der Waals surface area (Å²) in [5, 5.41) is 10.3. The van der Waals surface area contributed by atoms with Crippen LogP contribution in [-0.4, -0.2) is 10.6 Å². The van der Waals surface area contributed by atoms with E-state index in [1.165, 1.54) is 0 Å². The van der Waals surface area contributed by atoms with Crippen LogP contribution in [-0.2, 0) is 12.8 Å². The van der Waals surface area contributed by atoms with E-state index in [1.807, 2.05) is 12.1 Å². The molecule has 3 heteroatoms. The molecule has 0 atom stereocenters. The fourth-order valence-corrected chi connectivity index (χ4v) is 2.04. The molecule has 1 aromatic rings. The van der Waals surface area contributed by atoms with Crippen LogP contribution in [0.5, 0.6) is 5.75 Å². The van der Waals surface area contributed by atoms with E-state index in [0.717, 1.165) is 36.8 Å². The number of phenols is 1. The second-order valence-electron chi connectivity index (χ2n) is 4.48. The molecule has 1 fully saturated rings. The van der Waals surface area contributed by atoms with Crippen LogP contribution >= 0.6 is 11.6 Å². The quantitative estimate of drug-likeness (QED) is 0.831. The Kier molecular flexibility index (Phi) is 2.65. The molecule has 0 saturated heterocycles. The molecule has 15 heavy (non-hydrogen) atoms. The lowest BCUT2D eigenvalue weighted by molar-refractivity contribution is 0.463. The van der Waals surface area contributed by atoms with Crippen molar-refractivity contribution in [2.45, 2.75) is 38.1 Å². The predicted octanol–water partition coefficient (Wildman–Crippen LogP) is 2.64. The molecule has 2 nitrogen and oxygen atoms in total. The van der Waals surface area contributed by atoms with Gasteiger partial charge >= 0.3 is 0 Å². The number of aromatic hydroxyl groups is 1. The molecule has 0 bridgehead atoms. The Bertz CT molecular complexity index is 385. The van der Waals surface area contributed by atoms with Crippen molar-refractivity contribution in [3.63, 3.8) is 0 Å². The zero-order chi connectivity index (χ0) is 11.1. The van der Waals surface area contributed by atoms with E-state index in [9.17, 15) is 5.11 Å². The van der Waals surface area contributed by atoms with Crippen LogP contribution in [0.1, 0.15) is 30.9 Å². The monoisotopic (exact) mass is 225 g/mol. The summed E-state index contributed by atoms with van der Waals surface area (Å²) in [5.74, 6) is 0.200. The van der Waals surface area contributed by atoms with Crippen LogP contribution in [0.4, 0.5) is 0 Å². The number of nitrogens with two attached hydrogens (primary N) is 1. The van der Waals surface area contributed by atoms with Gasteiger partial charge in [0, 0.05) is 5.54 Å². The molecule has 1 aliphatic rings. The fraction of sp³-hybridized carbons (Fsp3) is 0.500. The van der Waals surface area contributed by atoms with Gasteiger partial charge in [-0.1, -0.05) is 24.6 Å². The predicted molar refractivity (Wildman–Crippen MR) is 62.4 cm³/mol. The highest BCUT2D eigenvalue weighted by molar-refractivity contribution is 6.32. The number of aryl methyl sites for hydroxylation is 1. The molecule has 82 valence electrons. The third-order valence-electron chi connectivity index (χ3n) is 3.05. The highest BCUT2D eigenvalue weighted by atomic mass is 35.5. The Morgan fingerprint density at radius 3 is 2.67 bits per heavy atom. The first-order chi connectivity index (χ1) is 7.04. The molecule has 0 aliphatic heterocycles. The Labute approximate surface area is 95.1 Å². The van der Waals surface area contributed by atoms with E-state index in [4.69, 9.17) is 17.3 Å². The van der Waals surface area contributed by atoms with E-state index in [-0.39, 0.29) is 11.3 Å². The largest absolute Gasteiger partial charge is 0.506 e. The van der Waals surface area contributed by atoms with E-state index in [0.29, 0.717) is 5.02 Å². The molecule has 0 radical (unpaired) electrons. The van der Waals surface area contributed by atoms with Crippen LogP contribution in [0.25, 0.3) is 0 Å². The van der Waals surface area contributed by atoms with Gasteiger partial charge in [0.05, 0.1) is 5.02 Å². The van der Waals surface area contributed by atoms with Gasteiger partial charge in [0.2, 0.25) is 0 Å². The van der Waals surface area contributed by atoms with Crippen LogP contribution in [0.3, 0.4) is 0 Å². The average Bonchev–Trinajstić information content (AvgIpc) is 2.91.